The van der Waals surface area contributed by atoms with Crippen molar-refractivity contribution < 1.29 is 25.2 Å². The molecule has 0 fully saturated rings. The Kier molecular flexibility index (Phi) is 51.7. The maximum absolute atomic E-state index is 12.6. The van der Waals surface area contributed by atoms with E-state index in [-0.39, 0.29) is 0 Å². The Morgan fingerprint density at radius 2 is 0.540 bits per heavy atom. The lowest BCUT2D eigenvalue weighted by atomic mass is 9.99. The zero-order chi connectivity index (χ0) is 45.9. The van der Waals surface area contributed by atoms with E-state index in [0.717, 1.165) is 38.5 Å². The van der Waals surface area contributed by atoms with E-state index in [2.05, 4.69) is 19.2 Å². The highest BCUT2D eigenvalue weighted by Crippen LogP contribution is 2.19. The average Bonchev–Trinajstić information content (AvgIpc) is 3.29. The zero-order valence-corrected chi connectivity index (χ0v) is 42.9. The third-order valence-corrected chi connectivity index (χ3v) is 14.1. The second-order valence-electron chi connectivity index (χ2n) is 20.4. The number of unbranched alkanes of at least 4 members (excludes halogenated alkanes) is 45. The third kappa shape index (κ3) is 46.2. The van der Waals surface area contributed by atoms with Gasteiger partial charge in [0.1, 0.15) is 12.2 Å². The molecule has 0 heterocycles. The molecule has 6 nitrogen and oxygen atoms in total. The first-order valence-corrected chi connectivity index (χ1v) is 28.9. The fraction of sp³-hybridized carbons (Fsp3) is 0.982. The van der Waals surface area contributed by atoms with Crippen molar-refractivity contribution in [3.8, 4) is 0 Å². The largest absolute Gasteiger partial charge is 0.394 e. The van der Waals surface area contributed by atoms with Crippen molar-refractivity contribution in [3.05, 3.63) is 0 Å². The summed E-state index contributed by atoms with van der Waals surface area (Å²) in [5, 5.41) is 44.0. The predicted octanol–water partition coefficient (Wildman–Crippen LogP) is 16.7. The molecule has 0 aromatic heterocycles. The van der Waals surface area contributed by atoms with E-state index >= 15 is 0 Å². The molecule has 0 rings (SSSR count). The molecule has 378 valence electrons. The molecular weight excluding hydrogens is 779 g/mol. The molecule has 0 radical (unpaired) electrons. The van der Waals surface area contributed by atoms with Gasteiger partial charge in [-0.3, -0.25) is 4.79 Å². The topological polar surface area (TPSA) is 110 Å². The summed E-state index contributed by atoms with van der Waals surface area (Å²) < 4.78 is 0. The summed E-state index contributed by atoms with van der Waals surface area (Å²) in [5.41, 5.74) is 0. The van der Waals surface area contributed by atoms with Crippen molar-refractivity contribution >= 4 is 5.91 Å². The van der Waals surface area contributed by atoms with Crippen LogP contribution in [0.3, 0.4) is 0 Å². The first-order valence-electron chi connectivity index (χ1n) is 28.9. The Hall–Kier alpha value is -0.690. The lowest BCUT2D eigenvalue weighted by Gasteiger charge is -2.27. The first kappa shape index (κ1) is 62.3. The summed E-state index contributed by atoms with van der Waals surface area (Å²) in [4.78, 5) is 12.6. The highest BCUT2D eigenvalue weighted by Gasteiger charge is 2.28. The fourth-order valence-electron chi connectivity index (χ4n) is 9.53. The second-order valence-corrected chi connectivity index (χ2v) is 20.4. The highest BCUT2D eigenvalue weighted by molar-refractivity contribution is 5.80. The molecule has 0 bridgehead atoms. The normalized spacial score (nSPS) is 13.7. The number of aliphatic hydroxyl groups excluding tert-OH is 4. The van der Waals surface area contributed by atoms with Gasteiger partial charge in [0.2, 0.25) is 5.91 Å². The van der Waals surface area contributed by atoms with E-state index in [9.17, 15) is 25.2 Å². The summed E-state index contributed by atoms with van der Waals surface area (Å²) in [7, 11) is 0. The molecule has 0 aliphatic rings. The minimum Gasteiger partial charge on any atom is -0.394 e. The lowest BCUT2D eigenvalue weighted by molar-refractivity contribution is -0.132. The van der Waals surface area contributed by atoms with E-state index in [4.69, 9.17) is 0 Å². The Balaban J connectivity index is 3.55. The molecule has 63 heavy (non-hydrogen) atoms. The first-order chi connectivity index (χ1) is 31.0. The molecule has 0 spiro atoms. The molecule has 0 aromatic carbocycles. The van der Waals surface area contributed by atoms with Crippen LogP contribution in [0.4, 0.5) is 0 Å². The fourth-order valence-corrected chi connectivity index (χ4v) is 9.53. The molecule has 0 aliphatic carbocycles. The van der Waals surface area contributed by atoms with Crippen molar-refractivity contribution in [1.29, 1.82) is 0 Å². The number of rotatable bonds is 54. The van der Waals surface area contributed by atoms with Crippen LogP contribution in [0.2, 0.25) is 0 Å². The van der Waals surface area contributed by atoms with Crippen LogP contribution >= 0.6 is 0 Å². The van der Waals surface area contributed by atoms with Crippen molar-refractivity contribution in [2.24, 2.45) is 0 Å². The average molecular weight is 895 g/mol. The van der Waals surface area contributed by atoms with Gasteiger partial charge < -0.3 is 25.7 Å². The molecule has 4 unspecified atom stereocenters. The van der Waals surface area contributed by atoms with Crippen molar-refractivity contribution in [3.63, 3.8) is 0 Å². The number of carbonyl (C=O) groups is 1. The van der Waals surface area contributed by atoms with Crippen LogP contribution in [0.25, 0.3) is 0 Å². The van der Waals surface area contributed by atoms with Crippen LogP contribution in [-0.2, 0) is 4.79 Å². The smallest absolute Gasteiger partial charge is 0.249 e. The minimum absolute atomic E-state index is 0.376. The maximum atomic E-state index is 12.6. The van der Waals surface area contributed by atoms with Gasteiger partial charge in [0, 0.05) is 0 Å². The molecule has 0 saturated carbocycles. The number of hydrogen-bond donors (Lipinski definition) is 5. The highest BCUT2D eigenvalue weighted by atomic mass is 16.3. The van der Waals surface area contributed by atoms with Crippen molar-refractivity contribution in [2.45, 2.75) is 353 Å². The van der Waals surface area contributed by atoms with Gasteiger partial charge in [-0.1, -0.05) is 316 Å². The van der Waals surface area contributed by atoms with Crippen LogP contribution in [0, 0.1) is 0 Å². The molecule has 1 amide bonds. The number of aliphatic hydroxyl groups is 4. The molecule has 5 N–H and O–H groups in total. The molecule has 0 aromatic rings. The predicted molar refractivity (Wildman–Crippen MR) is 275 cm³/mol. The molecule has 6 heteroatoms. The van der Waals surface area contributed by atoms with Gasteiger partial charge in [0.15, 0.2) is 0 Å². The molecular formula is C57H115NO5. The van der Waals surface area contributed by atoms with E-state index in [1.807, 2.05) is 0 Å². The number of carbonyl (C=O) groups excluding carboxylic acids is 1. The molecule has 4 atom stereocenters. The summed E-state index contributed by atoms with van der Waals surface area (Å²) >= 11 is 0. The van der Waals surface area contributed by atoms with Crippen LogP contribution in [0.15, 0.2) is 0 Å². The Bertz CT molecular complexity index is 871. The van der Waals surface area contributed by atoms with Crippen LogP contribution in [0.5, 0.6) is 0 Å². The van der Waals surface area contributed by atoms with Gasteiger partial charge >= 0.3 is 0 Å². The van der Waals surface area contributed by atoms with E-state index in [0.29, 0.717) is 12.8 Å². The van der Waals surface area contributed by atoms with E-state index < -0.39 is 36.9 Å². The van der Waals surface area contributed by atoms with Crippen LogP contribution in [-0.4, -0.2) is 57.3 Å². The van der Waals surface area contributed by atoms with Gasteiger partial charge in [0.05, 0.1) is 18.8 Å². The van der Waals surface area contributed by atoms with Gasteiger partial charge in [-0.25, -0.2) is 0 Å². The van der Waals surface area contributed by atoms with E-state index in [1.54, 1.807) is 0 Å². The van der Waals surface area contributed by atoms with Gasteiger partial charge in [-0.05, 0) is 12.8 Å². The van der Waals surface area contributed by atoms with Crippen LogP contribution in [0.1, 0.15) is 328 Å². The summed E-state index contributed by atoms with van der Waals surface area (Å²) in [5.74, 6) is -0.575. The summed E-state index contributed by atoms with van der Waals surface area (Å²) in [6.45, 7) is 4.10. The Morgan fingerprint density at radius 3 is 0.762 bits per heavy atom. The number of amides is 1. The Labute approximate surface area is 394 Å². The third-order valence-electron chi connectivity index (χ3n) is 14.1. The van der Waals surface area contributed by atoms with Crippen molar-refractivity contribution in [1.82, 2.24) is 5.32 Å². The van der Waals surface area contributed by atoms with Crippen LogP contribution < -0.4 is 5.32 Å². The van der Waals surface area contributed by atoms with Gasteiger partial charge in [-0.2, -0.15) is 0 Å². The second kappa shape index (κ2) is 52.3. The zero-order valence-electron chi connectivity index (χ0n) is 42.9. The monoisotopic (exact) mass is 894 g/mol. The molecule has 0 saturated heterocycles. The number of hydrogen-bond acceptors (Lipinski definition) is 5. The quantitative estimate of drug-likeness (QED) is 0.0391. The van der Waals surface area contributed by atoms with Gasteiger partial charge in [-0.15, -0.1) is 0 Å². The van der Waals surface area contributed by atoms with Crippen molar-refractivity contribution in [2.75, 3.05) is 6.61 Å². The standard InChI is InChI=1S/C57H115NO5/c1-3-5-7-9-11-13-15-17-19-21-23-24-25-26-27-28-29-30-31-32-33-35-37-39-41-43-45-47-49-51-55(61)57(63)58-53(52-59)56(62)54(60)50-48-46-44-42-40-38-36-34-22-20-18-16-14-12-10-8-6-4-2/h53-56,59-62H,3-52H2,1-2H3,(H,58,63). The minimum atomic E-state index is -1.25. The SMILES string of the molecule is CCCCCCCCCCCCCCCCCCCCCCCCCCCCCCCC(O)C(=O)NC(CO)C(O)C(O)CCCCCCCCCCCCCCCCCCCC. The summed E-state index contributed by atoms with van der Waals surface area (Å²) in [6.07, 6.45) is 60.4. The Morgan fingerprint density at radius 1 is 0.333 bits per heavy atom. The lowest BCUT2D eigenvalue weighted by Crippen LogP contribution is -2.53. The maximum Gasteiger partial charge on any atom is 0.249 e. The molecule has 0 aliphatic heterocycles. The van der Waals surface area contributed by atoms with Gasteiger partial charge in [0.25, 0.3) is 0 Å². The summed E-state index contributed by atoms with van der Waals surface area (Å²) in [6, 6.07) is -0.980. The number of nitrogens with one attached hydrogen (secondary N) is 1. The van der Waals surface area contributed by atoms with E-state index in [1.165, 1.54) is 263 Å².